The molecule has 0 aromatic carbocycles. The summed E-state index contributed by atoms with van der Waals surface area (Å²) in [6.45, 7) is 13.3. The van der Waals surface area contributed by atoms with E-state index in [9.17, 15) is 4.79 Å². The van der Waals surface area contributed by atoms with E-state index in [1.807, 2.05) is 4.90 Å². The van der Waals surface area contributed by atoms with Crippen molar-refractivity contribution in [1.82, 2.24) is 10.2 Å². The zero-order chi connectivity index (χ0) is 11.7. The highest BCUT2D eigenvalue weighted by Crippen LogP contribution is 2.31. The molecule has 0 radical (unpaired) electrons. The number of nitrogens with one attached hydrogen (secondary N) is 1. The van der Waals surface area contributed by atoms with Crippen LogP contribution in [0.3, 0.4) is 0 Å². The first-order valence-corrected chi connectivity index (χ1v) is 5.74. The second kappa shape index (κ2) is 4.12. The van der Waals surface area contributed by atoms with Gasteiger partial charge in [-0.25, -0.2) is 0 Å². The van der Waals surface area contributed by atoms with Crippen LogP contribution in [0.2, 0.25) is 0 Å². The van der Waals surface area contributed by atoms with Crippen LogP contribution >= 0.6 is 0 Å². The number of hydrogen-bond acceptors (Lipinski definition) is 2. The summed E-state index contributed by atoms with van der Waals surface area (Å²) in [5.74, 6) is 0.232. The molecule has 0 atom stereocenters. The predicted octanol–water partition coefficient (Wildman–Crippen LogP) is 1.63. The number of carbonyl (C=O) groups is 1. The first-order chi connectivity index (χ1) is 6.72. The molecule has 1 aliphatic rings. The van der Waals surface area contributed by atoms with Crippen molar-refractivity contribution in [2.45, 2.75) is 46.6 Å². The number of carbonyl (C=O) groups excluding carboxylic acids is 1. The van der Waals surface area contributed by atoms with E-state index in [1.54, 1.807) is 0 Å². The van der Waals surface area contributed by atoms with Crippen LogP contribution < -0.4 is 5.32 Å². The second-order valence-corrected chi connectivity index (χ2v) is 6.27. The van der Waals surface area contributed by atoms with Gasteiger partial charge in [0.2, 0.25) is 5.91 Å². The molecule has 1 aliphatic heterocycles. The molecule has 1 rings (SSSR count). The summed E-state index contributed by atoms with van der Waals surface area (Å²) in [7, 11) is 0. The smallest absolute Gasteiger partial charge is 0.237 e. The molecule has 0 aromatic rings. The van der Waals surface area contributed by atoms with E-state index in [0.717, 1.165) is 19.5 Å². The van der Waals surface area contributed by atoms with Crippen LogP contribution in [0, 0.1) is 5.41 Å². The van der Waals surface area contributed by atoms with Crippen LogP contribution in [0.4, 0.5) is 0 Å². The summed E-state index contributed by atoms with van der Waals surface area (Å²) >= 11 is 0. The average Bonchev–Trinajstić information content (AvgIpc) is 1.99. The van der Waals surface area contributed by atoms with Gasteiger partial charge in [0.05, 0.1) is 6.54 Å². The number of amides is 1. The van der Waals surface area contributed by atoms with E-state index < -0.39 is 0 Å². The van der Waals surface area contributed by atoms with Crippen molar-refractivity contribution in [3.05, 3.63) is 0 Å². The van der Waals surface area contributed by atoms with Gasteiger partial charge in [0, 0.05) is 18.6 Å². The van der Waals surface area contributed by atoms with Crippen molar-refractivity contribution in [3.8, 4) is 0 Å². The van der Waals surface area contributed by atoms with E-state index in [0.29, 0.717) is 6.54 Å². The highest BCUT2D eigenvalue weighted by atomic mass is 16.2. The maximum absolute atomic E-state index is 11.8. The van der Waals surface area contributed by atoms with Gasteiger partial charge in [0.15, 0.2) is 0 Å². The van der Waals surface area contributed by atoms with Crippen molar-refractivity contribution in [2.75, 3.05) is 19.6 Å². The molecule has 0 saturated carbocycles. The summed E-state index contributed by atoms with van der Waals surface area (Å²) < 4.78 is 0. The average molecular weight is 212 g/mol. The molecule has 0 unspecified atom stereocenters. The second-order valence-electron chi connectivity index (χ2n) is 6.27. The minimum absolute atomic E-state index is 0.0303. The minimum Gasteiger partial charge on any atom is -0.335 e. The van der Waals surface area contributed by atoms with Gasteiger partial charge in [-0.15, -0.1) is 0 Å². The van der Waals surface area contributed by atoms with Gasteiger partial charge in [-0.2, -0.15) is 0 Å². The lowest BCUT2D eigenvalue weighted by Crippen LogP contribution is -2.57. The Labute approximate surface area is 93.2 Å². The van der Waals surface area contributed by atoms with Crippen LogP contribution in [-0.4, -0.2) is 36.0 Å². The summed E-state index contributed by atoms with van der Waals surface area (Å²) in [6, 6.07) is 0. The Morgan fingerprint density at radius 2 is 1.87 bits per heavy atom. The van der Waals surface area contributed by atoms with Gasteiger partial charge >= 0.3 is 0 Å². The summed E-state index contributed by atoms with van der Waals surface area (Å²) in [5.41, 5.74) is 0.228. The molecule has 1 N–H and O–H groups in total. The Bertz CT molecular complexity index is 240. The number of piperazine rings is 1. The van der Waals surface area contributed by atoms with Gasteiger partial charge in [-0.1, -0.05) is 20.8 Å². The van der Waals surface area contributed by atoms with Gasteiger partial charge in [0.25, 0.3) is 0 Å². The molecule has 1 saturated heterocycles. The first-order valence-electron chi connectivity index (χ1n) is 5.74. The molecule has 88 valence electrons. The van der Waals surface area contributed by atoms with Crippen LogP contribution in [-0.2, 0) is 4.79 Å². The van der Waals surface area contributed by atoms with E-state index in [-0.39, 0.29) is 16.9 Å². The van der Waals surface area contributed by atoms with E-state index >= 15 is 0 Å². The lowest BCUT2D eigenvalue weighted by atomic mass is 9.80. The summed E-state index contributed by atoms with van der Waals surface area (Å²) in [6.07, 6.45) is 1.03. The SMILES string of the molecule is CC(C)(C)CC(C)(C)N1CCNCC1=O. The summed E-state index contributed by atoms with van der Waals surface area (Å²) in [5, 5.41) is 3.11. The Kier molecular flexibility index (Phi) is 3.44. The van der Waals surface area contributed by atoms with Crippen molar-refractivity contribution in [2.24, 2.45) is 5.41 Å². The van der Waals surface area contributed by atoms with E-state index in [1.165, 1.54) is 0 Å². The molecule has 0 spiro atoms. The van der Waals surface area contributed by atoms with E-state index in [2.05, 4.69) is 39.9 Å². The molecule has 1 amide bonds. The first kappa shape index (κ1) is 12.5. The third kappa shape index (κ3) is 3.49. The quantitative estimate of drug-likeness (QED) is 0.754. The molecular formula is C12H24N2O. The Balaban J connectivity index is 2.70. The van der Waals surface area contributed by atoms with Crippen molar-refractivity contribution < 1.29 is 4.79 Å². The van der Waals surface area contributed by atoms with E-state index in [4.69, 9.17) is 0 Å². The molecule has 1 heterocycles. The van der Waals surface area contributed by atoms with Gasteiger partial charge in [-0.05, 0) is 25.7 Å². The van der Waals surface area contributed by atoms with Gasteiger partial charge in [0.1, 0.15) is 0 Å². The maximum Gasteiger partial charge on any atom is 0.237 e. The standard InChI is InChI=1S/C12H24N2O/c1-11(2,3)9-12(4,5)14-7-6-13-8-10(14)15/h13H,6-9H2,1-5H3. The zero-order valence-electron chi connectivity index (χ0n) is 10.7. The third-order valence-corrected chi connectivity index (χ3v) is 2.78. The number of rotatable bonds is 2. The molecule has 0 aliphatic carbocycles. The number of hydrogen-bond donors (Lipinski definition) is 1. The maximum atomic E-state index is 11.8. The molecule has 0 aromatic heterocycles. The molecular weight excluding hydrogens is 188 g/mol. The Hall–Kier alpha value is -0.570. The fourth-order valence-corrected chi connectivity index (χ4v) is 2.64. The fourth-order valence-electron chi connectivity index (χ4n) is 2.64. The molecule has 1 fully saturated rings. The zero-order valence-corrected chi connectivity index (χ0v) is 10.7. The Morgan fingerprint density at radius 3 is 2.33 bits per heavy atom. The topological polar surface area (TPSA) is 32.3 Å². The van der Waals surface area contributed by atoms with Crippen LogP contribution in [0.5, 0.6) is 0 Å². The largest absolute Gasteiger partial charge is 0.335 e. The van der Waals surface area contributed by atoms with Crippen LogP contribution in [0.25, 0.3) is 0 Å². The monoisotopic (exact) mass is 212 g/mol. The van der Waals surface area contributed by atoms with Crippen molar-refractivity contribution >= 4 is 5.91 Å². The molecule has 0 bridgehead atoms. The lowest BCUT2D eigenvalue weighted by molar-refractivity contribution is -0.138. The normalized spacial score (nSPS) is 19.5. The van der Waals surface area contributed by atoms with Gasteiger partial charge in [-0.3, -0.25) is 4.79 Å². The predicted molar refractivity (Wildman–Crippen MR) is 62.7 cm³/mol. The fraction of sp³-hybridized carbons (Fsp3) is 0.917. The highest BCUT2D eigenvalue weighted by Gasteiger charge is 2.35. The molecule has 15 heavy (non-hydrogen) atoms. The van der Waals surface area contributed by atoms with Gasteiger partial charge < -0.3 is 10.2 Å². The minimum atomic E-state index is -0.0303. The third-order valence-electron chi connectivity index (χ3n) is 2.78. The van der Waals surface area contributed by atoms with Crippen molar-refractivity contribution in [3.63, 3.8) is 0 Å². The van der Waals surface area contributed by atoms with Crippen LogP contribution in [0.15, 0.2) is 0 Å². The lowest BCUT2D eigenvalue weighted by Gasteiger charge is -2.44. The Morgan fingerprint density at radius 1 is 1.27 bits per heavy atom. The number of nitrogens with zero attached hydrogens (tertiary/aromatic N) is 1. The summed E-state index contributed by atoms with van der Waals surface area (Å²) in [4.78, 5) is 13.8. The molecule has 3 nitrogen and oxygen atoms in total. The van der Waals surface area contributed by atoms with Crippen LogP contribution in [0.1, 0.15) is 41.0 Å². The highest BCUT2D eigenvalue weighted by molar-refractivity contribution is 5.79. The van der Waals surface area contributed by atoms with Crippen molar-refractivity contribution in [1.29, 1.82) is 0 Å². The molecule has 3 heteroatoms.